The summed E-state index contributed by atoms with van der Waals surface area (Å²) in [5.41, 5.74) is 0. The van der Waals surface area contributed by atoms with Crippen molar-refractivity contribution < 1.29 is 36.6 Å². The van der Waals surface area contributed by atoms with Gasteiger partial charge in [0.1, 0.15) is 11.6 Å². The van der Waals surface area contributed by atoms with Gasteiger partial charge in [-0.2, -0.15) is 0 Å². The average Bonchev–Trinajstić information content (AvgIpc) is 2.51. The minimum atomic E-state index is -1.53. The van der Waals surface area contributed by atoms with E-state index < -0.39 is 52.6 Å². The lowest BCUT2D eigenvalue weighted by molar-refractivity contribution is -0.150. The normalized spacial score (nSPS) is 10.6. The maximum atomic E-state index is 13.4. The van der Waals surface area contributed by atoms with Crippen molar-refractivity contribution in [1.29, 1.82) is 0 Å². The van der Waals surface area contributed by atoms with Gasteiger partial charge < -0.3 is 9.47 Å². The van der Waals surface area contributed by atoms with Gasteiger partial charge in [-0.05, 0) is 31.2 Å². The molecule has 2 rings (SSSR count). The molecule has 2 aromatic carbocycles. The number of rotatable bonds is 4. The summed E-state index contributed by atoms with van der Waals surface area (Å²) in [6, 6.07) is 4.48. The van der Waals surface area contributed by atoms with Crippen molar-refractivity contribution in [2.45, 2.75) is 6.92 Å². The fourth-order valence-corrected chi connectivity index (χ4v) is 1.61. The van der Waals surface area contributed by atoms with Gasteiger partial charge in [-0.25, -0.2) is 17.6 Å². The molecule has 4 nitrogen and oxygen atoms in total. The predicted molar refractivity (Wildman–Crippen MR) is 73.2 cm³/mol. The van der Waals surface area contributed by atoms with E-state index in [1.807, 2.05) is 0 Å². The Balaban J connectivity index is 2.05. The Labute approximate surface area is 133 Å². The summed E-state index contributed by atoms with van der Waals surface area (Å²) in [6.07, 6.45) is 0. The highest BCUT2D eigenvalue weighted by Gasteiger charge is 2.27. The molecule has 8 heteroatoms. The van der Waals surface area contributed by atoms with Crippen LogP contribution in [0.25, 0.3) is 0 Å². The van der Waals surface area contributed by atoms with E-state index in [0.717, 1.165) is 31.2 Å². The molecular weight excluding hydrogens is 332 g/mol. The van der Waals surface area contributed by atoms with E-state index in [0.29, 0.717) is 12.1 Å². The fourth-order valence-electron chi connectivity index (χ4n) is 1.61. The van der Waals surface area contributed by atoms with Crippen LogP contribution in [-0.2, 0) is 9.59 Å². The van der Waals surface area contributed by atoms with Gasteiger partial charge in [-0.15, -0.1) is 0 Å². The van der Waals surface area contributed by atoms with Gasteiger partial charge in [-0.3, -0.25) is 9.59 Å². The number of hydrogen-bond donors (Lipinski definition) is 0. The van der Waals surface area contributed by atoms with E-state index in [1.165, 1.54) is 0 Å². The molecule has 0 aliphatic heterocycles. The summed E-state index contributed by atoms with van der Waals surface area (Å²) in [4.78, 5) is 23.6. The molecule has 0 aliphatic rings. The minimum Gasteiger partial charge on any atom is -0.423 e. The molecule has 0 amide bonds. The molecule has 0 aromatic heterocycles. The van der Waals surface area contributed by atoms with Crippen molar-refractivity contribution in [3.63, 3.8) is 0 Å². The molecule has 24 heavy (non-hydrogen) atoms. The van der Waals surface area contributed by atoms with E-state index in [4.69, 9.17) is 0 Å². The van der Waals surface area contributed by atoms with Gasteiger partial charge in [0.2, 0.25) is 0 Å². The lowest BCUT2D eigenvalue weighted by Crippen LogP contribution is -2.29. The molecule has 0 saturated carbocycles. The summed E-state index contributed by atoms with van der Waals surface area (Å²) in [7, 11) is 0. The predicted octanol–water partition coefficient (Wildman–Crippen LogP) is 3.39. The molecule has 0 fully saturated rings. The molecule has 0 radical (unpaired) electrons. The zero-order valence-corrected chi connectivity index (χ0v) is 12.2. The quantitative estimate of drug-likeness (QED) is 0.370. The highest BCUT2D eigenvalue weighted by Crippen LogP contribution is 2.21. The molecule has 0 saturated heterocycles. The first kappa shape index (κ1) is 17.5. The highest BCUT2D eigenvalue weighted by atomic mass is 19.1. The van der Waals surface area contributed by atoms with Crippen LogP contribution in [0, 0.1) is 29.2 Å². The van der Waals surface area contributed by atoms with Crippen LogP contribution in [0.4, 0.5) is 17.6 Å². The number of esters is 2. The second kappa shape index (κ2) is 7.12. The second-order valence-electron chi connectivity index (χ2n) is 4.71. The molecule has 0 bridgehead atoms. The Hall–Kier alpha value is -2.90. The Morgan fingerprint density at radius 2 is 1.17 bits per heavy atom. The Morgan fingerprint density at radius 1 is 0.792 bits per heavy atom. The number of benzene rings is 2. The first-order valence-electron chi connectivity index (χ1n) is 6.61. The van der Waals surface area contributed by atoms with Gasteiger partial charge in [0.15, 0.2) is 29.1 Å². The van der Waals surface area contributed by atoms with Crippen molar-refractivity contribution in [3.05, 3.63) is 59.7 Å². The van der Waals surface area contributed by atoms with Gasteiger partial charge in [-0.1, -0.05) is 0 Å². The molecular formula is C16H10F4O4. The third kappa shape index (κ3) is 4.09. The van der Waals surface area contributed by atoms with Crippen LogP contribution in [0.3, 0.4) is 0 Å². The lowest BCUT2D eigenvalue weighted by Gasteiger charge is -2.12. The molecule has 0 heterocycles. The summed E-state index contributed by atoms with van der Waals surface area (Å²) in [5.74, 6) is -9.05. The number of carbonyl (C=O) groups is 2. The van der Waals surface area contributed by atoms with Gasteiger partial charge in [0.25, 0.3) is 0 Å². The third-order valence-electron chi connectivity index (χ3n) is 2.92. The molecule has 0 atom stereocenters. The summed E-state index contributed by atoms with van der Waals surface area (Å²) >= 11 is 0. The largest absolute Gasteiger partial charge is 0.423 e. The Kier molecular flexibility index (Phi) is 5.18. The summed E-state index contributed by atoms with van der Waals surface area (Å²) in [6.45, 7) is 1.09. The van der Waals surface area contributed by atoms with Crippen LogP contribution < -0.4 is 9.47 Å². The van der Waals surface area contributed by atoms with E-state index in [9.17, 15) is 27.2 Å². The van der Waals surface area contributed by atoms with E-state index in [2.05, 4.69) is 9.47 Å². The van der Waals surface area contributed by atoms with Crippen LogP contribution in [0.15, 0.2) is 36.4 Å². The van der Waals surface area contributed by atoms with Gasteiger partial charge >= 0.3 is 11.9 Å². The second-order valence-corrected chi connectivity index (χ2v) is 4.71. The first-order valence-corrected chi connectivity index (χ1v) is 6.61. The lowest BCUT2D eigenvalue weighted by atomic mass is 10.2. The topological polar surface area (TPSA) is 52.6 Å². The SMILES string of the molecule is CC(C(=O)Oc1ccc(F)cc1F)C(=O)Oc1ccc(F)cc1F. The fraction of sp³-hybridized carbons (Fsp3) is 0.125. The maximum absolute atomic E-state index is 13.4. The zero-order chi connectivity index (χ0) is 17.9. The van der Waals surface area contributed by atoms with Crippen molar-refractivity contribution in [2.24, 2.45) is 5.92 Å². The van der Waals surface area contributed by atoms with Crippen LogP contribution in [0.2, 0.25) is 0 Å². The molecule has 0 spiro atoms. The Morgan fingerprint density at radius 3 is 1.50 bits per heavy atom. The third-order valence-corrected chi connectivity index (χ3v) is 2.92. The minimum absolute atomic E-state index is 0.499. The number of ether oxygens (including phenoxy) is 2. The smallest absolute Gasteiger partial charge is 0.325 e. The molecule has 0 N–H and O–H groups in total. The maximum Gasteiger partial charge on any atom is 0.325 e. The van der Waals surface area contributed by atoms with E-state index in [1.54, 1.807) is 0 Å². The first-order chi connectivity index (χ1) is 11.3. The molecule has 126 valence electrons. The molecule has 2 aromatic rings. The van der Waals surface area contributed by atoms with Crippen molar-refractivity contribution in [2.75, 3.05) is 0 Å². The van der Waals surface area contributed by atoms with Crippen molar-refractivity contribution in [3.8, 4) is 11.5 Å². The Bertz CT molecular complexity index is 726. The van der Waals surface area contributed by atoms with Crippen LogP contribution in [-0.4, -0.2) is 11.9 Å². The van der Waals surface area contributed by atoms with E-state index >= 15 is 0 Å². The summed E-state index contributed by atoms with van der Waals surface area (Å²) < 4.78 is 61.6. The number of carbonyl (C=O) groups excluding carboxylic acids is 2. The number of halogens is 4. The summed E-state index contributed by atoms with van der Waals surface area (Å²) in [5, 5.41) is 0. The zero-order valence-electron chi connectivity index (χ0n) is 12.2. The van der Waals surface area contributed by atoms with E-state index in [-0.39, 0.29) is 0 Å². The monoisotopic (exact) mass is 342 g/mol. The van der Waals surface area contributed by atoms with Gasteiger partial charge in [0.05, 0.1) is 0 Å². The standard InChI is InChI=1S/C16H10F4O4/c1-8(15(21)23-13-4-2-9(17)6-11(13)19)16(22)24-14-5-3-10(18)7-12(14)20/h2-8H,1H3. The van der Waals surface area contributed by atoms with Gasteiger partial charge in [0, 0.05) is 12.1 Å². The van der Waals surface area contributed by atoms with Crippen molar-refractivity contribution in [1.82, 2.24) is 0 Å². The molecule has 0 unspecified atom stereocenters. The number of hydrogen-bond acceptors (Lipinski definition) is 4. The van der Waals surface area contributed by atoms with Crippen LogP contribution >= 0.6 is 0 Å². The van der Waals surface area contributed by atoms with Crippen LogP contribution in [0.5, 0.6) is 11.5 Å². The highest BCUT2D eigenvalue weighted by molar-refractivity contribution is 5.96. The van der Waals surface area contributed by atoms with Crippen LogP contribution in [0.1, 0.15) is 6.92 Å². The molecule has 0 aliphatic carbocycles. The average molecular weight is 342 g/mol. The van der Waals surface area contributed by atoms with Crippen molar-refractivity contribution >= 4 is 11.9 Å².